The number of fused-ring (bicyclic) bond motifs is 1. The van der Waals surface area contributed by atoms with E-state index in [4.69, 9.17) is 4.42 Å². The van der Waals surface area contributed by atoms with E-state index in [9.17, 15) is 4.79 Å². The van der Waals surface area contributed by atoms with Crippen LogP contribution < -0.4 is 5.32 Å². The minimum absolute atomic E-state index is 0.0249. The van der Waals surface area contributed by atoms with Gasteiger partial charge in [-0.05, 0) is 30.5 Å². The van der Waals surface area contributed by atoms with Gasteiger partial charge in [0.2, 0.25) is 5.91 Å². The van der Waals surface area contributed by atoms with Gasteiger partial charge in [0, 0.05) is 4.88 Å². The number of thioether (sulfide) groups is 1. The summed E-state index contributed by atoms with van der Waals surface area (Å²) < 4.78 is 5.57. The SMILES string of the molecule is CC(NC(=O)CSc1nc2ccccc2o1)c1cccs1. The number of para-hydroxylation sites is 2. The third kappa shape index (κ3) is 3.46. The smallest absolute Gasteiger partial charge is 0.257 e. The van der Waals surface area contributed by atoms with Crippen molar-refractivity contribution in [3.05, 3.63) is 46.7 Å². The molecule has 1 N–H and O–H groups in total. The first-order valence-corrected chi connectivity index (χ1v) is 8.40. The van der Waals surface area contributed by atoms with Crippen molar-refractivity contribution in [3.8, 4) is 0 Å². The zero-order chi connectivity index (χ0) is 14.7. The largest absolute Gasteiger partial charge is 0.431 e. The summed E-state index contributed by atoms with van der Waals surface area (Å²) in [6.45, 7) is 1.98. The number of nitrogens with one attached hydrogen (secondary N) is 1. The molecule has 0 radical (unpaired) electrons. The summed E-state index contributed by atoms with van der Waals surface area (Å²) in [5.41, 5.74) is 1.56. The summed E-state index contributed by atoms with van der Waals surface area (Å²) in [7, 11) is 0. The van der Waals surface area contributed by atoms with E-state index in [0.29, 0.717) is 11.0 Å². The first kappa shape index (κ1) is 14.2. The van der Waals surface area contributed by atoms with Crippen molar-refractivity contribution in [3.63, 3.8) is 0 Å². The van der Waals surface area contributed by atoms with E-state index in [0.717, 1.165) is 16.0 Å². The molecule has 0 spiro atoms. The van der Waals surface area contributed by atoms with Gasteiger partial charge >= 0.3 is 0 Å². The van der Waals surface area contributed by atoms with Gasteiger partial charge in [0.05, 0.1) is 11.8 Å². The van der Waals surface area contributed by atoms with Crippen LogP contribution in [0.5, 0.6) is 0 Å². The highest BCUT2D eigenvalue weighted by Crippen LogP contribution is 2.23. The summed E-state index contributed by atoms with van der Waals surface area (Å²) in [6, 6.07) is 11.6. The van der Waals surface area contributed by atoms with Crippen molar-refractivity contribution in [2.45, 2.75) is 18.2 Å². The van der Waals surface area contributed by atoms with E-state index in [2.05, 4.69) is 10.3 Å². The molecule has 3 rings (SSSR count). The molecule has 1 aromatic carbocycles. The second-order valence-electron chi connectivity index (χ2n) is 4.54. The van der Waals surface area contributed by atoms with Crippen LogP contribution in [0, 0.1) is 0 Å². The van der Waals surface area contributed by atoms with Crippen LogP contribution in [-0.2, 0) is 4.79 Å². The lowest BCUT2D eigenvalue weighted by Gasteiger charge is -2.11. The first-order chi connectivity index (χ1) is 10.2. The number of benzene rings is 1. The molecule has 2 aromatic heterocycles. The van der Waals surface area contributed by atoms with Crippen LogP contribution in [0.4, 0.5) is 0 Å². The fourth-order valence-electron chi connectivity index (χ4n) is 1.93. The highest BCUT2D eigenvalue weighted by molar-refractivity contribution is 7.99. The van der Waals surface area contributed by atoms with Gasteiger partial charge in [0.15, 0.2) is 5.58 Å². The molecule has 0 aliphatic carbocycles. The van der Waals surface area contributed by atoms with Crippen LogP contribution >= 0.6 is 23.1 Å². The van der Waals surface area contributed by atoms with Gasteiger partial charge in [-0.25, -0.2) is 4.98 Å². The Hall–Kier alpha value is -1.79. The average molecular weight is 318 g/mol. The first-order valence-electron chi connectivity index (χ1n) is 6.53. The van der Waals surface area contributed by atoms with E-state index in [1.807, 2.05) is 48.7 Å². The fourth-order valence-corrected chi connectivity index (χ4v) is 3.32. The highest BCUT2D eigenvalue weighted by atomic mass is 32.2. The zero-order valence-electron chi connectivity index (χ0n) is 11.4. The quantitative estimate of drug-likeness (QED) is 0.726. The lowest BCUT2D eigenvalue weighted by molar-refractivity contribution is -0.119. The molecule has 0 aliphatic rings. The molecule has 0 fully saturated rings. The highest BCUT2D eigenvalue weighted by Gasteiger charge is 2.12. The van der Waals surface area contributed by atoms with Crippen LogP contribution in [0.25, 0.3) is 11.1 Å². The van der Waals surface area contributed by atoms with E-state index in [1.165, 1.54) is 11.8 Å². The van der Waals surface area contributed by atoms with Crippen molar-refractivity contribution >= 4 is 40.1 Å². The molecule has 1 atom stereocenters. The van der Waals surface area contributed by atoms with Gasteiger partial charge in [0.25, 0.3) is 5.22 Å². The lowest BCUT2D eigenvalue weighted by atomic mass is 10.3. The molecule has 0 saturated heterocycles. The maximum Gasteiger partial charge on any atom is 0.257 e. The van der Waals surface area contributed by atoms with Crippen LogP contribution in [-0.4, -0.2) is 16.6 Å². The molecule has 1 amide bonds. The fraction of sp³-hybridized carbons (Fsp3) is 0.200. The Morgan fingerprint density at radius 2 is 2.24 bits per heavy atom. The molecule has 6 heteroatoms. The van der Waals surface area contributed by atoms with Gasteiger partial charge in [-0.1, -0.05) is 30.0 Å². The van der Waals surface area contributed by atoms with Gasteiger partial charge in [-0.3, -0.25) is 4.79 Å². The second-order valence-corrected chi connectivity index (χ2v) is 6.45. The van der Waals surface area contributed by atoms with Crippen molar-refractivity contribution < 1.29 is 9.21 Å². The topological polar surface area (TPSA) is 55.1 Å². The van der Waals surface area contributed by atoms with E-state index in [-0.39, 0.29) is 11.9 Å². The Kier molecular flexibility index (Phi) is 4.26. The number of rotatable bonds is 5. The summed E-state index contributed by atoms with van der Waals surface area (Å²) in [4.78, 5) is 17.4. The van der Waals surface area contributed by atoms with E-state index in [1.54, 1.807) is 11.3 Å². The number of thiophene rings is 1. The van der Waals surface area contributed by atoms with E-state index < -0.39 is 0 Å². The number of oxazole rings is 1. The van der Waals surface area contributed by atoms with Crippen LogP contribution in [0.15, 0.2) is 51.4 Å². The Labute approximate surface area is 130 Å². The minimum Gasteiger partial charge on any atom is -0.431 e. The van der Waals surface area contributed by atoms with Crippen molar-refractivity contribution in [1.29, 1.82) is 0 Å². The molecule has 0 aliphatic heterocycles. The van der Waals surface area contributed by atoms with E-state index >= 15 is 0 Å². The number of amides is 1. The summed E-state index contributed by atoms with van der Waals surface area (Å²) in [5.74, 6) is 0.269. The number of hydrogen-bond donors (Lipinski definition) is 1. The van der Waals surface area contributed by atoms with Gasteiger partial charge < -0.3 is 9.73 Å². The number of nitrogens with zero attached hydrogens (tertiary/aromatic N) is 1. The summed E-state index contributed by atoms with van der Waals surface area (Å²) in [6.07, 6.45) is 0. The number of aromatic nitrogens is 1. The van der Waals surface area contributed by atoms with Crippen LogP contribution in [0.1, 0.15) is 17.8 Å². The third-order valence-corrected chi connectivity index (χ3v) is 4.83. The molecule has 2 heterocycles. The normalized spacial score (nSPS) is 12.4. The van der Waals surface area contributed by atoms with Crippen LogP contribution in [0.3, 0.4) is 0 Å². The van der Waals surface area contributed by atoms with Crippen molar-refractivity contribution in [1.82, 2.24) is 10.3 Å². The maximum absolute atomic E-state index is 11.9. The zero-order valence-corrected chi connectivity index (χ0v) is 13.0. The molecule has 0 bridgehead atoms. The van der Waals surface area contributed by atoms with Crippen molar-refractivity contribution in [2.24, 2.45) is 0 Å². The monoisotopic (exact) mass is 318 g/mol. The summed E-state index contributed by atoms with van der Waals surface area (Å²) >= 11 is 2.95. The Morgan fingerprint density at radius 1 is 1.38 bits per heavy atom. The second kappa shape index (κ2) is 6.32. The molecular formula is C15H14N2O2S2. The van der Waals surface area contributed by atoms with Gasteiger partial charge in [-0.15, -0.1) is 11.3 Å². The predicted molar refractivity (Wildman–Crippen MR) is 85.6 cm³/mol. The molecule has 1 unspecified atom stereocenters. The van der Waals surface area contributed by atoms with Gasteiger partial charge in [0.1, 0.15) is 5.52 Å². The third-order valence-electron chi connectivity index (χ3n) is 2.95. The molecule has 3 aromatic rings. The maximum atomic E-state index is 11.9. The Balaban J connectivity index is 1.56. The number of carbonyl (C=O) groups excluding carboxylic acids is 1. The van der Waals surface area contributed by atoms with Gasteiger partial charge in [-0.2, -0.15) is 0 Å². The standard InChI is InChI=1S/C15H14N2O2S2/c1-10(13-7-4-8-20-13)16-14(18)9-21-15-17-11-5-2-3-6-12(11)19-15/h2-8,10H,9H2,1H3,(H,16,18). The molecule has 4 nitrogen and oxygen atoms in total. The molecule has 0 saturated carbocycles. The average Bonchev–Trinajstić information content (AvgIpc) is 3.14. The lowest BCUT2D eigenvalue weighted by Crippen LogP contribution is -2.27. The molecule has 21 heavy (non-hydrogen) atoms. The Bertz CT molecular complexity index is 704. The van der Waals surface area contributed by atoms with Crippen molar-refractivity contribution in [2.75, 3.05) is 5.75 Å². The Morgan fingerprint density at radius 3 is 3.00 bits per heavy atom. The number of carbonyl (C=O) groups is 1. The molecular weight excluding hydrogens is 304 g/mol. The number of hydrogen-bond acceptors (Lipinski definition) is 5. The molecule has 108 valence electrons. The predicted octanol–water partition coefficient (Wildman–Crippen LogP) is 3.86. The van der Waals surface area contributed by atoms with Crippen LogP contribution in [0.2, 0.25) is 0 Å². The minimum atomic E-state index is -0.0249. The summed E-state index contributed by atoms with van der Waals surface area (Å²) in [5, 5.41) is 5.50.